The van der Waals surface area contributed by atoms with Gasteiger partial charge < -0.3 is 19.5 Å². The molecular formula is C32H39ClN12O3. The predicted octanol–water partition coefficient (Wildman–Crippen LogP) is 4.32. The Morgan fingerprint density at radius 2 is 1.83 bits per heavy atom. The van der Waals surface area contributed by atoms with E-state index < -0.39 is 0 Å². The number of nitrogens with zero attached hydrogens (tertiary/aromatic N) is 11. The van der Waals surface area contributed by atoms with Gasteiger partial charge in [0.25, 0.3) is 5.88 Å². The molecule has 0 bridgehead atoms. The number of hydrogen-bond donors (Lipinski definition) is 1. The lowest BCUT2D eigenvalue weighted by molar-refractivity contribution is 0.00502. The van der Waals surface area contributed by atoms with E-state index in [-0.39, 0.29) is 12.1 Å². The van der Waals surface area contributed by atoms with Crippen LogP contribution in [0, 0.1) is 0 Å². The third-order valence-corrected chi connectivity index (χ3v) is 9.22. The second-order valence-corrected chi connectivity index (χ2v) is 12.6. The summed E-state index contributed by atoms with van der Waals surface area (Å²) in [5.74, 6) is 1.48. The first-order valence-corrected chi connectivity index (χ1v) is 16.6. The van der Waals surface area contributed by atoms with E-state index in [0.29, 0.717) is 47.5 Å². The van der Waals surface area contributed by atoms with Crippen molar-refractivity contribution in [3.05, 3.63) is 66.1 Å². The second kappa shape index (κ2) is 14.7. The van der Waals surface area contributed by atoms with Gasteiger partial charge in [0.15, 0.2) is 0 Å². The van der Waals surface area contributed by atoms with Crippen LogP contribution in [0.15, 0.2) is 55.4 Å². The van der Waals surface area contributed by atoms with Gasteiger partial charge in [0, 0.05) is 50.3 Å². The van der Waals surface area contributed by atoms with Gasteiger partial charge in [-0.25, -0.2) is 14.6 Å². The van der Waals surface area contributed by atoms with Crippen molar-refractivity contribution < 1.29 is 14.2 Å². The number of aryl methyl sites for hydroxylation is 1. The highest BCUT2D eigenvalue weighted by Crippen LogP contribution is 2.35. The van der Waals surface area contributed by atoms with Crippen LogP contribution < -0.4 is 14.8 Å². The number of halogens is 1. The van der Waals surface area contributed by atoms with Crippen LogP contribution in [0.5, 0.6) is 11.6 Å². The minimum atomic E-state index is -0.209. The van der Waals surface area contributed by atoms with Crippen molar-refractivity contribution in [2.75, 3.05) is 31.6 Å². The van der Waals surface area contributed by atoms with Crippen LogP contribution >= 0.6 is 11.6 Å². The van der Waals surface area contributed by atoms with Gasteiger partial charge in [-0.2, -0.15) is 5.10 Å². The molecular weight excluding hydrogens is 636 g/mol. The van der Waals surface area contributed by atoms with Gasteiger partial charge in [-0.05, 0) is 66.8 Å². The normalized spacial score (nSPS) is 19.2. The maximum Gasteiger partial charge on any atom is 0.257 e. The molecule has 0 spiro atoms. The molecule has 1 N–H and O–H groups in total. The highest BCUT2D eigenvalue weighted by molar-refractivity contribution is 6.32. The van der Waals surface area contributed by atoms with Gasteiger partial charge in [-0.15, -0.1) is 10.2 Å². The molecule has 0 amide bonds. The molecule has 5 heterocycles. The fourth-order valence-electron chi connectivity index (χ4n) is 6.29. The average Bonchev–Trinajstić information content (AvgIpc) is 3.88. The molecule has 1 aromatic carbocycles. The highest BCUT2D eigenvalue weighted by Gasteiger charge is 2.29. The first kappa shape index (κ1) is 32.0. The zero-order valence-electron chi connectivity index (χ0n) is 27.0. The topological polar surface area (TPSA) is 148 Å². The quantitative estimate of drug-likeness (QED) is 0.201. The van der Waals surface area contributed by atoms with E-state index in [4.69, 9.17) is 30.9 Å². The SMILES string of the molecule is C[C@@H](Cn1cnnn1)Oc1cc(-c2cnc(Nc3cn(C4CCC(N5CCOCC5)CC4)nc3OCc3ccnn3C)nc2)ccc1Cl. The van der Waals surface area contributed by atoms with Crippen molar-refractivity contribution in [2.45, 2.75) is 63.9 Å². The van der Waals surface area contributed by atoms with E-state index in [0.717, 1.165) is 68.8 Å². The zero-order valence-corrected chi connectivity index (χ0v) is 27.8. The molecule has 252 valence electrons. The predicted molar refractivity (Wildman–Crippen MR) is 177 cm³/mol. The van der Waals surface area contributed by atoms with Gasteiger partial charge >= 0.3 is 0 Å². The number of morpholine rings is 1. The summed E-state index contributed by atoms with van der Waals surface area (Å²) >= 11 is 6.46. The molecule has 5 aromatic rings. The smallest absolute Gasteiger partial charge is 0.257 e. The van der Waals surface area contributed by atoms with E-state index in [1.807, 2.05) is 43.0 Å². The number of aromatic nitrogens is 10. The average molecular weight is 675 g/mol. The first-order chi connectivity index (χ1) is 23.5. The Bertz CT molecular complexity index is 1760. The molecule has 1 saturated heterocycles. The van der Waals surface area contributed by atoms with Crippen LogP contribution in [0.3, 0.4) is 0 Å². The lowest BCUT2D eigenvalue weighted by Gasteiger charge is -2.38. The fraction of sp³-hybridized carbons (Fsp3) is 0.469. The van der Waals surface area contributed by atoms with Gasteiger partial charge in [-0.3, -0.25) is 14.3 Å². The molecule has 1 aliphatic carbocycles. The summed E-state index contributed by atoms with van der Waals surface area (Å²) in [6.07, 6.45) is 13.0. The number of hydrogen-bond acceptors (Lipinski definition) is 12. The van der Waals surface area contributed by atoms with E-state index >= 15 is 0 Å². The Morgan fingerprint density at radius 1 is 1.04 bits per heavy atom. The summed E-state index contributed by atoms with van der Waals surface area (Å²) in [5, 5.41) is 24.2. The molecule has 4 aromatic heterocycles. The monoisotopic (exact) mass is 674 g/mol. The Kier molecular flexibility index (Phi) is 9.77. The van der Waals surface area contributed by atoms with Crippen LogP contribution in [0.25, 0.3) is 11.1 Å². The summed E-state index contributed by atoms with van der Waals surface area (Å²) < 4.78 is 23.3. The van der Waals surface area contributed by atoms with E-state index in [1.165, 1.54) is 0 Å². The third-order valence-electron chi connectivity index (χ3n) is 8.91. The number of anilines is 2. The fourth-order valence-corrected chi connectivity index (χ4v) is 6.45. The minimum Gasteiger partial charge on any atom is -0.487 e. The standard InChI is InChI=1S/C32H39ClN12O3/c1-22(18-44-21-36-40-41-44)48-30-15-23(3-8-28(30)33)24-16-34-32(35-17-24)38-29-19-45(39-31(29)47-20-27-9-10-37-42(27)2)26-6-4-25(5-7-26)43-11-13-46-14-12-43/h3,8-10,15-17,19,21-22,25-26H,4-7,11-14,18,20H2,1-2H3,(H,34,35,38)/t22-,25?,26?/m0/s1. The molecule has 7 rings (SSSR count). The van der Waals surface area contributed by atoms with Crippen molar-refractivity contribution in [3.63, 3.8) is 0 Å². The van der Waals surface area contributed by atoms with Crippen molar-refractivity contribution in [2.24, 2.45) is 7.05 Å². The van der Waals surface area contributed by atoms with E-state index in [1.54, 1.807) is 40.3 Å². The van der Waals surface area contributed by atoms with Gasteiger partial charge in [0.1, 0.15) is 30.5 Å². The molecule has 16 heteroatoms. The van der Waals surface area contributed by atoms with Crippen molar-refractivity contribution in [1.29, 1.82) is 0 Å². The highest BCUT2D eigenvalue weighted by atomic mass is 35.5. The summed E-state index contributed by atoms with van der Waals surface area (Å²) in [7, 11) is 1.89. The summed E-state index contributed by atoms with van der Waals surface area (Å²) in [4.78, 5) is 11.8. The van der Waals surface area contributed by atoms with E-state index in [2.05, 4.69) is 40.8 Å². The van der Waals surface area contributed by atoms with Crippen LogP contribution in [0.1, 0.15) is 44.3 Å². The summed E-state index contributed by atoms with van der Waals surface area (Å²) in [6.45, 7) is 6.44. The van der Waals surface area contributed by atoms with Crippen LogP contribution in [0.2, 0.25) is 5.02 Å². The van der Waals surface area contributed by atoms with E-state index in [9.17, 15) is 0 Å². The van der Waals surface area contributed by atoms with Crippen molar-refractivity contribution >= 4 is 23.2 Å². The number of ether oxygens (including phenoxy) is 3. The molecule has 0 unspecified atom stereocenters. The second-order valence-electron chi connectivity index (χ2n) is 12.2. The maximum atomic E-state index is 6.46. The molecule has 1 atom stereocenters. The number of tetrazole rings is 1. The first-order valence-electron chi connectivity index (χ1n) is 16.3. The lowest BCUT2D eigenvalue weighted by atomic mass is 9.90. The maximum absolute atomic E-state index is 6.46. The third kappa shape index (κ3) is 7.58. The number of benzene rings is 1. The molecule has 15 nitrogen and oxygen atoms in total. The Balaban J connectivity index is 1.04. The molecule has 1 saturated carbocycles. The van der Waals surface area contributed by atoms with Gasteiger partial charge in [0.05, 0.1) is 42.7 Å². The van der Waals surface area contributed by atoms with Crippen LogP contribution in [0.4, 0.5) is 11.6 Å². The van der Waals surface area contributed by atoms with Crippen LogP contribution in [-0.4, -0.2) is 93.1 Å². The molecule has 2 aliphatic rings. The Labute approximate surface area is 283 Å². The molecule has 48 heavy (non-hydrogen) atoms. The van der Waals surface area contributed by atoms with Crippen molar-refractivity contribution in [1.82, 2.24) is 54.6 Å². The van der Waals surface area contributed by atoms with Crippen molar-refractivity contribution in [3.8, 4) is 22.8 Å². The minimum absolute atomic E-state index is 0.209. The molecule has 2 fully saturated rings. The zero-order chi connectivity index (χ0) is 32.9. The number of rotatable bonds is 12. The van der Waals surface area contributed by atoms with Gasteiger partial charge in [0.2, 0.25) is 5.95 Å². The lowest BCUT2D eigenvalue weighted by Crippen LogP contribution is -2.45. The Hall–Kier alpha value is -4.60. The summed E-state index contributed by atoms with van der Waals surface area (Å²) in [6, 6.07) is 8.42. The summed E-state index contributed by atoms with van der Waals surface area (Å²) in [5.41, 5.74) is 3.34. The number of nitrogens with one attached hydrogen (secondary N) is 1. The van der Waals surface area contributed by atoms with Gasteiger partial charge in [-0.1, -0.05) is 17.7 Å². The molecule has 1 aliphatic heterocycles. The Morgan fingerprint density at radius 3 is 2.56 bits per heavy atom. The van der Waals surface area contributed by atoms with Crippen LogP contribution in [-0.2, 0) is 24.9 Å². The largest absolute Gasteiger partial charge is 0.487 e. The molecule has 0 radical (unpaired) electrons.